The van der Waals surface area contributed by atoms with E-state index in [-0.39, 0.29) is 18.5 Å². The Labute approximate surface area is 118 Å². The molecule has 0 atom stereocenters. The fourth-order valence-electron chi connectivity index (χ4n) is 2.10. The number of amides is 3. The number of nitrogens with zero attached hydrogens (tertiary/aromatic N) is 2. The summed E-state index contributed by atoms with van der Waals surface area (Å²) in [5.41, 5.74) is -0.00168. The van der Waals surface area contributed by atoms with Crippen LogP contribution < -0.4 is 10.6 Å². The molecule has 0 aliphatic carbocycles. The smallest absolute Gasteiger partial charge is 0.325 e. The lowest BCUT2D eigenvalue weighted by Crippen LogP contribution is -2.40. The maximum Gasteiger partial charge on any atom is 0.325 e. The minimum Gasteiger partial charge on any atom is -0.370 e. The number of nitrogens with one attached hydrogen (secondary N) is 2. The van der Waals surface area contributed by atoms with Gasteiger partial charge in [0.05, 0.1) is 6.54 Å². The van der Waals surface area contributed by atoms with Gasteiger partial charge >= 0.3 is 6.03 Å². The zero-order valence-electron chi connectivity index (χ0n) is 12.1. The van der Waals surface area contributed by atoms with Crippen molar-refractivity contribution in [2.24, 2.45) is 0 Å². The largest absolute Gasteiger partial charge is 0.370 e. The molecule has 6 nitrogen and oxygen atoms in total. The van der Waals surface area contributed by atoms with E-state index in [9.17, 15) is 9.59 Å². The Morgan fingerprint density at radius 3 is 2.75 bits per heavy atom. The predicted octanol–water partition coefficient (Wildman–Crippen LogP) is 1.73. The molecule has 0 spiro atoms. The van der Waals surface area contributed by atoms with E-state index < -0.39 is 5.54 Å². The van der Waals surface area contributed by atoms with E-state index >= 15 is 0 Å². The molecule has 0 saturated carbocycles. The molecule has 1 saturated heterocycles. The highest BCUT2D eigenvalue weighted by molar-refractivity contribution is 6.06. The number of carbonyl (C=O) groups excluding carboxylic acids is 2. The molecule has 0 aromatic carbocycles. The van der Waals surface area contributed by atoms with Crippen molar-refractivity contribution in [3.8, 4) is 0 Å². The van der Waals surface area contributed by atoms with Gasteiger partial charge in [-0.3, -0.25) is 9.69 Å². The molecular formula is C14H20N4O2. The third-order valence-corrected chi connectivity index (χ3v) is 3.21. The van der Waals surface area contributed by atoms with E-state index in [1.807, 2.05) is 6.07 Å². The number of hydrogen-bond acceptors (Lipinski definition) is 4. The van der Waals surface area contributed by atoms with Crippen LogP contribution in [0.15, 0.2) is 18.3 Å². The van der Waals surface area contributed by atoms with Crippen LogP contribution in [-0.4, -0.2) is 33.9 Å². The van der Waals surface area contributed by atoms with E-state index in [0.29, 0.717) is 0 Å². The van der Waals surface area contributed by atoms with Crippen LogP contribution in [0.4, 0.5) is 10.6 Å². The predicted molar refractivity (Wildman–Crippen MR) is 76.2 cm³/mol. The molecule has 1 aromatic heterocycles. The number of carbonyl (C=O) groups is 2. The summed E-state index contributed by atoms with van der Waals surface area (Å²) in [5.74, 6) is 0.507. The normalized spacial score (nSPS) is 17.2. The minimum atomic E-state index is -0.837. The molecule has 3 amide bonds. The molecule has 1 aromatic rings. The highest BCUT2D eigenvalue weighted by Gasteiger charge is 2.44. The van der Waals surface area contributed by atoms with Crippen LogP contribution in [0.25, 0.3) is 0 Å². The number of pyridine rings is 1. The zero-order chi connectivity index (χ0) is 14.8. The lowest BCUT2D eigenvalue weighted by atomic mass is 10.1. The van der Waals surface area contributed by atoms with Crippen LogP contribution in [0.1, 0.15) is 32.8 Å². The summed E-state index contributed by atoms with van der Waals surface area (Å²) in [4.78, 5) is 29.5. The molecule has 1 aliphatic heterocycles. The number of anilines is 1. The molecule has 6 heteroatoms. The van der Waals surface area contributed by atoms with E-state index in [4.69, 9.17) is 0 Å². The molecule has 0 bridgehead atoms. The van der Waals surface area contributed by atoms with E-state index in [2.05, 4.69) is 22.5 Å². The van der Waals surface area contributed by atoms with Crippen LogP contribution in [0.2, 0.25) is 0 Å². The van der Waals surface area contributed by atoms with Crippen molar-refractivity contribution in [2.45, 2.75) is 39.3 Å². The number of hydrogen-bond donors (Lipinski definition) is 2. The van der Waals surface area contributed by atoms with Crippen molar-refractivity contribution in [2.75, 3.05) is 11.9 Å². The fraction of sp³-hybridized carbons (Fsp3) is 0.500. The second-order valence-electron chi connectivity index (χ2n) is 5.38. The highest BCUT2D eigenvalue weighted by Crippen LogP contribution is 2.21. The lowest BCUT2D eigenvalue weighted by molar-refractivity contribution is -0.130. The molecule has 0 radical (unpaired) electrons. The first kappa shape index (κ1) is 14.3. The summed E-state index contributed by atoms with van der Waals surface area (Å²) < 4.78 is 0. The van der Waals surface area contributed by atoms with Crippen LogP contribution in [0, 0.1) is 0 Å². The zero-order valence-corrected chi connectivity index (χ0v) is 12.1. The Bertz CT molecular complexity index is 528. The summed E-state index contributed by atoms with van der Waals surface area (Å²) >= 11 is 0. The SMILES string of the molecule is CCCNc1ncccc1CN1C(=O)NC(C)(C)C1=O. The molecule has 2 heterocycles. The molecule has 2 N–H and O–H groups in total. The number of rotatable bonds is 5. The number of urea groups is 1. The molecular weight excluding hydrogens is 256 g/mol. The molecule has 20 heavy (non-hydrogen) atoms. The quantitative estimate of drug-likeness (QED) is 0.803. The average molecular weight is 276 g/mol. The van der Waals surface area contributed by atoms with Gasteiger partial charge in [0, 0.05) is 18.3 Å². The Kier molecular flexibility index (Phi) is 3.92. The van der Waals surface area contributed by atoms with Crippen LogP contribution in [-0.2, 0) is 11.3 Å². The van der Waals surface area contributed by atoms with E-state index in [1.54, 1.807) is 26.1 Å². The molecule has 0 unspecified atom stereocenters. The summed E-state index contributed by atoms with van der Waals surface area (Å²) in [6, 6.07) is 3.32. The minimum absolute atomic E-state index is 0.215. The second-order valence-corrected chi connectivity index (χ2v) is 5.38. The van der Waals surface area contributed by atoms with Gasteiger partial charge in [-0.1, -0.05) is 13.0 Å². The van der Waals surface area contributed by atoms with Crippen molar-refractivity contribution in [1.29, 1.82) is 0 Å². The van der Waals surface area contributed by atoms with Crippen molar-refractivity contribution < 1.29 is 9.59 Å². The highest BCUT2D eigenvalue weighted by atomic mass is 16.2. The fourth-order valence-corrected chi connectivity index (χ4v) is 2.10. The first-order valence-corrected chi connectivity index (χ1v) is 6.77. The monoisotopic (exact) mass is 276 g/mol. The Hall–Kier alpha value is -2.11. The third-order valence-electron chi connectivity index (χ3n) is 3.21. The van der Waals surface area contributed by atoms with Gasteiger partial charge in [0.15, 0.2) is 0 Å². The van der Waals surface area contributed by atoms with Gasteiger partial charge in [-0.05, 0) is 26.3 Å². The Morgan fingerprint density at radius 2 is 2.15 bits per heavy atom. The van der Waals surface area contributed by atoms with Crippen LogP contribution in [0.5, 0.6) is 0 Å². The molecule has 2 rings (SSSR count). The van der Waals surface area contributed by atoms with Crippen molar-refractivity contribution >= 4 is 17.8 Å². The Morgan fingerprint density at radius 1 is 1.40 bits per heavy atom. The van der Waals surface area contributed by atoms with Crippen molar-refractivity contribution in [1.82, 2.24) is 15.2 Å². The first-order valence-electron chi connectivity index (χ1n) is 6.77. The topological polar surface area (TPSA) is 74.3 Å². The molecule has 1 aliphatic rings. The average Bonchev–Trinajstić information content (AvgIpc) is 2.60. The standard InChI is InChI=1S/C14H20N4O2/c1-4-7-15-11-10(6-5-8-16-11)9-18-12(19)14(2,3)17-13(18)20/h5-6,8H,4,7,9H2,1-3H3,(H,15,16)(H,17,20). The molecule has 108 valence electrons. The number of aromatic nitrogens is 1. The summed E-state index contributed by atoms with van der Waals surface area (Å²) in [6.45, 7) is 6.50. The van der Waals surface area contributed by atoms with Crippen molar-refractivity contribution in [3.05, 3.63) is 23.9 Å². The number of imide groups is 1. The van der Waals surface area contributed by atoms with Gasteiger partial charge in [0.25, 0.3) is 5.91 Å². The summed E-state index contributed by atoms with van der Waals surface area (Å²) in [5, 5.41) is 5.88. The van der Waals surface area contributed by atoms with E-state index in [0.717, 1.165) is 24.3 Å². The Balaban J connectivity index is 2.18. The van der Waals surface area contributed by atoms with Gasteiger partial charge in [0.2, 0.25) is 0 Å². The van der Waals surface area contributed by atoms with Gasteiger partial charge < -0.3 is 10.6 Å². The maximum absolute atomic E-state index is 12.2. The van der Waals surface area contributed by atoms with Crippen LogP contribution >= 0.6 is 0 Å². The van der Waals surface area contributed by atoms with Gasteiger partial charge in [0.1, 0.15) is 11.4 Å². The summed E-state index contributed by atoms with van der Waals surface area (Å²) in [6.07, 6.45) is 2.67. The molecule has 1 fully saturated rings. The third kappa shape index (κ3) is 2.74. The maximum atomic E-state index is 12.2. The summed E-state index contributed by atoms with van der Waals surface area (Å²) in [7, 11) is 0. The van der Waals surface area contributed by atoms with Gasteiger partial charge in [-0.15, -0.1) is 0 Å². The second kappa shape index (κ2) is 5.48. The first-order chi connectivity index (χ1) is 9.45. The van der Waals surface area contributed by atoms with E-state index in [1.165, 1.54) is 4.90 Å². The van der Waals surface area contributed by atoms with Crippen LogP contribution in [0.3, 0.4) is 0 Å². The lowest BCUT2D eigenvalue weighted by Gasteiger charge is -2.17. The van der Waals surface area contributed by atoms with Gasteiger partial charge in [-0.2, -0.15) is 0 Å². The van der Waals surface area contributed by atoms with Gasteiger partial charge in [-0.25, -0.2) is 9.78 Å². The van der Waals surface area contributed by atoms with Crippen molar-refractivity contribution in [3.63, 3.8) is 0 Å².